The molecule has 0 rings (SSSR count). The van der Waals surface area contributed by atoms with E-state index in [2.05, 4.69) is 31.4 Å². The molecule has 0 aliphatic heterocycles. The third-order valence-electron chi connectivity index (χ3n) is 3.46. The van der Waals surface area contributed by atoms with E-state index in [0.717, 1.165) is 13.1 Å². The van der Waals surface area contributed by atoms with Crippen molar-refractivity contribution in [2.45, 2.75) is 72.8 Å². The topological polar surface area (TPSA) is 50.4 Å². The van der Waals surface area contributed by atoms with Crippen molar-refractivity contribution in [1.29, 1.82) is 0 Å². The summed E-state index contributed by atoms with van der Waals surface area (Å²) in [6.45, 7) is 14.9. The van der Waals surface area contributed by atoms with E-state index in [-0.39, 0.29) is 6.09 Å². The van der Waals surface area contributed by atoms with Gasteiger partial charge in [0.25, 0.3) is 0 Å². The van der Waals surface area contributed by atoms with Crippen LogP contribution in [0.25, 0.3) is 0 Å². The Hall–Kier alpha value is -0.770. The predicted octanol–water partition coefficient (Wildman–Crippen LogP) is 3.95. The van der Waals surface area contributed by atoms with Crippen LogP contribution in [0.1, 0.15) is 67.2 Å². The average molecular weight is 300 g/mol. The average Bonchev–Trinajstić information content (AvgIpc) is 2.34. The van der Waals surface area contributed by atoms with Crippen molar-refractivity contribution < 1.29 is 9.53 Å². The second-order valence-corrected chi connectivity index (χ2v) is 7.15. The second-order valence-electron chi connectivity index (χ2n) is 7.15. The molecule has 0 aromatic carbocycles. The number of rotatable bonds is 10. The number of hydrogen-bond donors (Lipinski definition) is 2. The molecule has 1 unspecified atom stereocenters. The molecule has 21 heavy (non-hydrogen) atoms. The van der Waals surface area contributed by atoms with Crippen molar-refractivity contribution in [3.63, 3.8) is 0 Å². The van der Waals surface area contributed by atoms with Gasteiger partial charge in [-0.25, -0.2) is 4.79 Å². The number of unbranched alkanes of at least 4 members (excludes halogenated alkanes) is 3. The van der Waals surface area contributed by atoms with Crippen LogP contribution in [-0.4, -0.2) is 31.3 Å². The van der Waals surface area contributed by atoms with Crippen LogP contribution in [0.5, 0.6) is 0 Å². The highest BCUT2D eigenvalue weighted by molar-refractivity contribution is 5.67. The third kappa shape index (κ3) is 12.7. The van der Waals surface area contributed by atoms with Gasteiger partial charge in [-0.15, -0.1) is 0 Å². The fourth-order valence-electron chi connectivity index (χ4n) is 2.04. The monoisotopic (exact) mass is 300 g/mol. The van der Waals surface area contributed by atoms with E-state index in [9.17, 15) is 4.79 Å². The summed E-state index contributed by atoms with van der Waals surface area (Å²) >= 11 is 0. The van der Waals surface area contributed by atoms with E-state index in [0.29, 0.717) is 18.4 Å². The van der Waals surface area contributed by atoms with Crippen LogP contribution in [0, 0.1) is 11.8 Å². The highest BCUT2D eigenvalue weighted by Crippen LogP contribution is 2.10. The van der Waals surface area contributed by atoms with Gasteiger partial charge in [0.15, 0.2) is 0 Å². The first-order chi connectivity index (χ1) is 9.76. The SMILES string of the molecule is CCCCCCNCC(CNC(=O)OC(C)(C)C)C(C)C. The van der Waals surface area contributed by atoms with Crippen LogP contribution in [0.4, 0.5) is 4.79 Å². The van der Waals surface area contributed by atoms with Gasteiger partial charge in [0.05, 0.1) is 0 Å². The number of carbonyl (C=O) groups is 1. The number of ether oxygens (including phenoxy) is 1. The normalized spacial score (nSPS) is 13.3. The van der Waals surface area contributed by atoms with Gasteiger partial charge in [-0.05, 0) is 52.1 Å². The predicted molar refractivity (Wildman–Crippen MR) is 89.6 cm³/mol. The van der Waals surface area contributed by atoms with Crippen LogP contribution >= 0.6 is 0 Å². The van der Waals surface area contributed by atoms with Crippen molar-refractivity contribution in [2.24, 2.45) is 11.8 Å². The van der Waals surface area contributed by atoms with Crippen molar-refractivity contribution in [1.82, 2.24) is 10.6 Å². The fraction of sp³-hybridized carbons (Fsp3) is 0.941. The number of nitrogens with one attached hydrogen (secondary N) is 2. The molecule has 2 N–H and O–H groups in total. The highest BCUT2D eigenvalue weighted by Gasteiger charge is 2.18. The first kappa shape index (κ1) is 20.2. The Morgan fingerprint density at radius 3 is 2.29 bits per heavy atom. The minimum Gasteiger partial charge on any atom is -0.444 e. The number of carbonyl (C=O) groups excluding carboxylic acids is 1. The number of alkyl carbamates (subject to hydrolysis) is 1. The molecule has 0 aromatic heterocycles. The van der Waals surface area contributed by atoms with Gasteiger partial charge in [0.1, 0.15) is 5.60 Å². The summed E-state index contributed by atoms with van der Waals surface area (Å²) in [5.74, 6) is 0.965. The Morgan fingerprint density at radius 1 is 1.10 bits per heavy atom. The van der Waals surface area contributed by atoms with Gasteiger partial charge in [-0.2, -0.15) is 0 Å². The van der Waals surface area contributed by atoms with E-state index < -0.39 is 5.60 Å². The van der Waals surface area contributed by atoms with Gasteiger partial charge >= 0.3 is 6.09 Å². The standard InChI is InChI=1S/C17H36N2O2/c1-7-8-9-10-11-18-12-15(14(2)3)13-19-16(20)21-17(4,5)6/h14-15,18H,7-13H2,1-6H3,(H,19,20). The Bertz CT molecular complexity index is 272. The summed E-state index contributed by atoms with van der Waals surface area (Å²) in [6.07, 6.45) is 4.80. The summed E-state index contributed by atoms with van der Waals surface area (Å²) in [5, 5.41) is 6.39. The van der Waals surface area contributed by atoms with Crippen molar-refractivity contribution in [2.75, 3.05) is 19.6 Å². The molecule has 0 radical (unpaired) electrons. The molecule has 0 heterocycles. The molecule has 1 atom stereocenters. The molecule has 1 amide bonds. The van der Waals surface area contributed by atoms with Gasteiger partial charge < -0.3 is 15.4 Å². The maximum atomic E-state index is 11.7. The Kier molecular flexibility index (Phi) is 10.5. The molecule has 0 saturated heterocycles. The number of hydrogen-bond acceptors (Lipinski definition) is 3. The molecule has 0 spiro atoms. The molecule has 0 aliphatic carbocycles. The van der Waals surface area contributed by atoms with Crippen molar-refractivity contribution in [3.05, 3.63) is 0 Å². The quantitative estimate of drug-likeness (QED) is 0.601. The molecule has 126 valence electrons. The van der Waals surface area contributed by atoms with E-state index >= 15 is 0 Å². The van der Waals surface area contributed by atoms with Crippen molar-refractivity contribution >= 4 is 6.09 Å². The minimum atomic E-state index is -0.436. The zero-order valence-electron chi connectivity index (χ0n) is 14.9. The highest BCUT2D eigenvalue weighted by atomic mass is 16.6. The Morgan fingerprint density at radius 2 is 1.76 bits per heavy atom. The molecule has 0 bridgehead atoms. The summed E-state index contributed by atoms with van der Waals surface area (Å²) in [5.41, 5.74) is -0.436. The zero-order valence-corrected chi connectivity index (χ0v) is 14.9. The lowest BCUT2D eigenvalue weighted by atomic mass is 9.95. The molecule has 0 fully saturated rings. The molecular weight excluding hydrogens is 264 g/mol. The van der Waals surface area contributed by atoms with Crippen LogP contribution in [0.15, 0.2) is 0 Å². The molecule has 0 aromatic rings. The Labute approximate surface area is 131 Å². The molecule has 0 aliphatic rings. The van der Waals surface area contributed by atoms with E-state index in [1.54, 1.807) is 0 Å². The summed E-state index contributed by atoms with van der Waals surface area (Å²) in [4.78, 5) is 11.7. The van der Waals surface area contributed by atoms with Crippen LogP contribution in [0.2, 0.25) is 0 Å². The smallest absolute Gasteiger partial charge is 0.407 e. The lowest BCUT2D eigenvalue weighted by molar-refractivity contribution is 0.0515. The van der Waals surface area contributed by atoms with Gasteiger partial charge in [-0.3, -0.25) is 0 Å². The zero-order chi connectivity index (χ0) is 16.3. The molecule has 0 saturated carbocycles. The maximum Gasteiger partial charge on any atom is 0.407 e. The summed E-state index contributed by atoms with van der Waals surface area (Å²) < 4.78 is 5.27. The lowest BCUT2D eigenvalue weighted by Crippen LogP contribution is -2.39. The molecular formula is C17H36N2O2. The molecule has 4 heteroatoms. The largest absolute Gasteiger partial charge is 0.444 e. The summed E-state index contributed by atoms with van der Waals surface area (Å²) in [7, 11) is 0. The van der Waals surface area contributed by atoms with Crippen LogP contribution in [-0.2, 0) is 4.74 Å². The number of amides is 1. The van der Waals surface area contributed by atoms with Gasteiger partial charge in [0.2, 0.25) is 0 Å². The summed E-state index contributed by atoms with van der Waals surface area (Å²) in [6, 6.07) is 0. The van der Waals surface area contributed by atoms with E-state index in [4.69, 9.17) is 4.74 Å². The van der Waals surface area contributed by atoms with Crippen LogP contribution < -0.4 is 10.6 Å². The first-order valence-corrected chi connectivity index (χ1v) is 8.43. The third-order valence-corrected chi connectivity index (χ3v) is 3.46. The van der Waals surface area contributed by atoms with Gasteiger partial charge in [0, 0.05) is 6.54 Å². The minimum absolute atomic E-state index is 0.323. The molecule has 4 nitrogen and oxygen atoms in total. The Balaban J connectivity index is 3.89. The first-order valence-electron chi connectivity index (χ1n) is 8.43. The van der Waals surface area contributed by atoms with E-state index in [1.165, 1.54) is 25.7 Å². The fourth-order valence-corrected chi connectivity index (χ4v) is 2.04. The van der Waals surface area contributed by atoms with E-state index in [1.807, 2.05) is 20.8 Å². The van der Waals surface area contributed by atoms with Crippen molar-refractivity contribution in [3.8, 4) is 0 Å². The van der Waals surface area contributed by atoms with Crippen LogP contribution in [0.3, 0.4) is 0 Å². The van der Waals surface area contributed by atoms with Gasteiger partial charge in [-0.1, -0.05) is 40.0 Å². The lowest BCUT2D eigenvalue weighted by Gasteiger charge is -2.24. The second kappa shape index (κ2) is 10.9. The maximum absolute atomic E-state index is 11.7.